The van der Waals surface area contributed by atoms with Gasteiger partial charge in [0.1, 0.15) is 6.33 Å². The van der Waals surface area contributed by atoms with E-state index in [1.165, 1.54) is 25.7 Å². The molecule has 1 N–H and O–H groups in total. The summed E-state index contributed by atoms with van der Waals surface area (Å²) in [5, 5.41) is 14.7. The fraction of sp³-hybridized carbons (Fsp3) is 0.875. The number of rotatable bonds is 6. The Hall–Kier alpha value is -1.50. The van der Waals surface area contributed by atoms with Crippen LogP contribution >= 0.6 is 0 Å². The van der Waals surface area contributed by atoms with Crippen molar-refractivity contribution in [3.63, 3.8) is 0 Å². The number of amides is 1. The highest BCUT2D eigenvalue weighted by Gasteiger charge is 2.45. The van der Waals surface area contributed by atoms with Crippen LogP contribution in [0.5, 0.6) is 0 Å². The SMILES string of the molecule is O=C(CC1(n2cnnn2)CCOCC1)NC[C@@H]1C[C@H]1C1CCC1. The van der Waals surface area contributed by atoms with Gasteiger partial charge in [0.25, 0.3) is 0 Å². The smallest absolute Gasteiger partial charge is 0.222 e. The van der Waals surface area contributed by atoms with Crippen LogP contribution < -0.4 is 5.32 Å². The fourth-order valence-corrected chi connectivity index (χ4v) is 4.17. The summed E-state index contributed by atoms with van der Waals surface area (Å²) in [5.41, 5.74) is -0.331. The highest BCUT2D eigenvalue weighted by atomic mass is 16.5. The lowest BCUT2D eigenvalue weighted by Gasteiger charge is -2.36. The second-order valence-electron chi connectivity index (χ2n) is 7.42. The van der Waals surface area contributed by atoms with Crippen molar-refractivity contribution in [2.24, 2.45) is 17.8 Å². The molecule has 0 bridgehead atoms. The van der Waals surface area contributed by atoms with E-state index in [4.69, 9.17) is 4.74 Å². The summed E-state index contributed by atoms with van der Waals surface area (Å²) >= 11 is 0. The minimum atomic E-state index is -0.331. The maximum absolute atomic E-state index is 12.5. The minimum Gasteiger partial charge on any atom is -0.381 e. The van der Waals surface area contributed by atoms with Gasteiger partial charge >= 0.3 is 0 Å². The molecule has 1 saturated heterocycles. The molecule has 126 valence electrons. The molecule has 23 heavy (non-hydrogen) atoms. The Morgan fingerprint density at radius 1 is 1.35 bits per heavy atom. The molecule has 0 aromatic carbocycles. The van der Waals surface area contributed by atoms with Gasteiger partial charge in [-0.2, -0.15) is 0 Å². The third-order valence-corrected chi connectivity index (χ3v) is 6.04. The van der Waals surface area contributed by atoms with E-state index in [0.717, 1.165) is 31.2 Å². The van der Waals surface area contributed by atoms with E-state index in [0.29, 0.717) is 25.6 Å². The quantitative estimate of drug-likeness (QED) is 0.850. The fourth-order valence-electron chi connectivity index (χ4n) is 4.17. The Morgan fingerprint density at radius 2 is 2.17 bits per heavy atom. The van der Waals surface area contributed by atoms with Crippen LogP contribution in [-0.2, 0) is 15.1 Å². The van der Waals surface area contributed by atoms with Crippen LogP contribution in [0.1, 0.15) is 44.9 Å². The highest BCUT2D eigenvalue weighted by Crippen LogP contribution is 2.51. The van der Waals surface area contributed by atoms with Gasteiger partial charge in [0.05, 0.1) is 12.0 Å². The van der Waals surface area contributed by atoms with E-state index in [2.05, 4.69) is 20.8 Å². The van der Waals surface area contributed by atoms with Crippen LogP contribution in [0.3, 0.4) is 0 Å². The summed E-state index contributed by atoms with van der Waals surface area (Å²) in [6.07, 6.45) is 9.11. The Labute approximate surface area is 136 Å². The molecular formula is C16H25N5O2. The third-order valence-electron chi connectivity index (χ3n) is 6.04. The van der Waals surface area contributed by atoms with Crippen LogP contribution in [0.2, 0.25) is 0 Å². The van der Waals surface area contributed by atoms with Gasteiger partial charge < -0.3 is 10.1 Å². The monoisotopic (exact) mass is 319 g/mol. The van der Waals surface area contributed by atoms with Crippen LogP contribution in [-0.4, -0.2) is 45.9 Å². The van der Waals surface area contributed by atoms with Crippen molar-refractivity contribution in [3.8, 4) is 0 Å². The molecule has 3 fully saturated rings. The van der Waals surface area contributed by atoms with Crippen molar-refractivity contribution < 1.29 is 9.53 Å². The van der Waals surface area contributed by atoms with Crippen molar-refractivity contribution in [1.29, 1.82) is 0 Å². The molecule has 1 aromatic heterocycles. The number of nitrogens with zero attached hydrogens (tertiary/aromatic N) is 4. The Morgan fingerprint density at radius 3 is 2.83 bits per heavy atom. The maximum Gasteiger partial charge on any atom is 0.222 e. The van der Waals surface area contributed by atoms with Gasteiger partial charge in [0.2, 0.25) is 5.91 Å². The molecule has 7 heteroatoms. The van der Waals surface area contributed by atoms with Crippen LogP contribution in [0.25, 0.3) is 0 Å². The number of carbonyl (C=O) groups is 1. The number of hydrogen-bond acceptors (Lipinski definition) is 5. The molecule has 2 heterocycles. The molecule has 2 atom stereocenters. The summed E-state index contributed by atoms with van der Waals surface area (Å²) in [4.78, 5) is 12.5. The van der Waals surface area contributed by atoms with Gasteiger partial charge in [-0.15, -0.1) is 5.10 Å². The van der Waals surface area contributed by atoms with Crippen molar-refractivity contribution in [1.82, 2.24) is 25.5 Å². The van der Waals surface area contributed by atoms with Gasteiger partial charge in [-0.1, -0.05) is 19.3 Å². The lowest BCUT2D eigenvalue weighted by Crippen LogP contribution is -2.44. The Bertz CT molecular complexity index is 537. The Kier molecular flexibility index (Phi) is 4.05. The molecular weight excluding hydrogens is 294 g/mol. The molecule has 7 nitrogen and oxygen atoms in total. The molecule has 2 aliphatic carbocycles. The van der Waals surface area contributed by atoms with Crippen molar-refractivity contribution in [2.75, 3.05) is 19.8 Å². The zero-order chi connectivity index (χ0) is 15.7. The largest absolute Gasteiger partial charge is 0.381 e. The van der Waals surface area contributed by atoms with Gasteiger partial charge in [-0.3, -0.25) is 4.79 Å². The average Bonchev–Trinajstić information content (AvgIpc) is 3.02. The molecule has 1 amide bonds. The number of nitrogens with one attached hydrogen (secondary N) is 1. The van der Waals surface area contributed by atoms with E-state index < -0.39 is 0 Å². The van der Waals surface area contributed by atoms with Crippen LogP contribution in [0.15, 0.2) is 6.33 Å². The van der Waals surface area contributed by atoms with Gasteiger partial charge in [0.15, 0.2) is 0 Å². The predicted molar refractivity (Wildman–Crippen MR) is 82.4 cm³/mol. The Balaban J connectivity index is 1.31. The van der Waals surface area contributed by atoms with Crippen molar-refractivity contribution in [2.45, 2.75) is 50.5 Å². The minimum absolute atomic E-state index is 0.113. The van der Waals surface area contributed by atoms with Crippen molar-refractivity contribution >= 4 is 5.91 Å². The molecule has 0 spiro atoms. The lowest BCUT2D eigenvalue weighted by molar-refractivity contribution is -0.125. The molecule has 0 radical (unpaired) electrons. The van der Waals surface area contributed by atoms with Gasteiger partial charge in [-0.05, 0) is 47.4 Å². The van der Waals surface area contributed by atoms with Gasteiger partial charge in [0, 0.05) is 19.8 Å². The van der Waals surface area contributed by atoms with Gasteiger partial charge in [-0.25, -0.2) is 4.68 Å². The first-order chi connectivity index (χ1) is 11.3. The molecule has 4 rings (SSSR count). The molecule has 0 unspecified atom stereocenters. The number of carbonyl (C=O) groups excluding carboxylic acids is 1. The summed E-state index contributed by atoms with van der Waals surface area (Å²) in [7, 11) is 0. The molecule has 2 saturated carbocycles. The number of hydrogen-bond donors (Lipinski definition) is 1. The van der Waals surface area contributed by atoms with Crippen molar-refractivity contribution in [3.05, 3.63) is 6.33 Å². The topological polar surface area (TPSA) is 81.9 Å². The van der Waals surface area contributed by atoms with E-state index in [-0.39, 0.29) is 11.4 Å². The van der Waals surface area contributed by atoms with E-state index >= 15 is 0 Å². The first-order valence-corrected chi connectivity index (χ1v) is 8.85. The summed E-state index contributed by atoms with van der Waals surface area (Å²) in [6, 6.07) is 0. The molecule has 1 aromatic rings. The third kappa shape index (κ3) is 3.11. The lowest BCUT2D eigenvalue weighted by atomic mass is 9.81. The molecule has 3 aliphatic rings. The van der Waals surface area contributed by atoms with E-state index in [1.54, 1.807) is 11.0 Å². The normalized spacial score (nSPS) is 29.7. The molecule has 1 aliphatic heterocycles. The average molecular weight is 319 g/mol. The maximum atomic E-state index is 12.5. The second kappa shape index (κ2) is 6.19. The van der Waals surface area contributed by atoms with E-state index in [9.17, 15) is 4.79 Å². The zero-order valence-corrected chi connectivity index (χ0v) is 13.5. The number of aromatic nitrogens is 4. The number of tetrazole rings is 1. The standard InChI is InChI=1S/C16H25N5O2/c22-15(17-10-13-8-14(13)12-2-1-3-12)9-16(4-6-23-7-5-16)21-11-18-19-20-21/h11-14H,1-10H2,(H,17,22)/t13-,14-/m0/s1. The summed E-state index contributed by atoms with van der Waals surface area (Å²) in [6.45, 7) is 2.14. The highest BCUT2D eigenvalue weighted by molar-refractivity contribution is 5.77. The first kappa shape index (κ1) is 15.1. The zero-order valence-electron chi connectivity index (χ0n) is 13.5. The summed E-state index contributed by atoms with van der Waals surface area (Å²) < 4.78 is 7.21. The second-order valence-corrected chi connectivity index (χ2v) is 7.42. The van der Waals surface area contributed by atoms with E-state index in [1.807, 2.05) is 0 Å². The van der Waals surface area contributed by atoms with Crippen LogP contribution in [0, 0.1) is 17.8 Å². The predicted octanol–water partition coefficient (Wildman–Crippen LogP) is 1.12. The first-order valence-electron chi connectivity index (χ1n) is 8.85. The van der Waals surface area contributed by atoms with Crippen LogP contribution in [0.4, 0.5) is 0 Å². The number of ether oxygens (including phenoxy) is 1. The summed E-state index contributed by atoms with van der Waals surface area (Å²) in [5.74, 6) is 2.64.